The summed E-state index contributed by atoms with van der Waals surface area (Å²) in [7, 11) is 0. The fourth-order valence-corrected chi connectivity index (χ4v) is 3.49. The Labute approximate surface area is 111 Å². The van der Waals surface area contributed by atoms with Gasteiger partial charge < -0.3 is 9.52 Å². The Hall–Kier alpha value is -1.10. The number of benzene rings is 1. The lowest BCUT2D eigenvalue weighted by molar-refractivity contribution is 0.191. The van der Waals surface area contributed by atoms with Gasteiger partial charge in [-0.2, -0.15) is 0 Å². The van der Waals surface area contributed by atoms with E-state index in [0.717, 1.165) is 20.1 Å². The highest BCUT2D eigenvalue weighted by Crippen LogP contribution is 2.37. The van der Waals surface area contributed by atoms with Gasteiger partial charge in [-0.3, -0.25) is 0 Å². The lowest BCUT2D eigenvalue weighted by Crippen LogP contribution is -1.96. The second-order valence-electron chi connectivity index (χ2n) is 3.73. The van der Waals surface area contributed by atoms with Gasteiger partial charge in [-0.15, -0.1) is 11.3 Å². The Bertz CT molecular complexity index is 643. The molecule has 0 amide bonds. The molecule has 1 unspecified atom stereocenters. The minimum atomic E-state index is -0.701. The molecule has 0 spiro atoms. The largest absolute Gasteiger partial charge is 0.466 e. The van der Waals surface area contributed by atoms with Crippen molar-refractivity contribution in [3.8, 4) is 0 Å². The Balaban J connectivity index is 2.15. The maximum atomic E-state index is 10.3. The van der Waals surface area contributed by atoms with Crippen molar-refractivity contribution in [1.82, 2.24) is 0 Å². The first-order valence-corrected chi connectivity index (χ1v) is 6.81. The van der Waals surface area contributed by atoms with E-state index in [0.29, 0.717) is 5.76 Å². The van der Waals surface area contributed by atoms with Gasteiger partial charge in [-0.05, 0) is 44.9 Å². The molecule has 2 heterocycles. The third kappa shape index (κ3) is 1.82. The first kappa shape index (κ1) is 11.0. The molecular formula is C13H9BrO2S. The van der Waals surface area contributed by atoms with Crippen LogP contribution in [0.4, 0.5) is 0 Å². The van der Waals surface area contributed by atoms with Crippen LogP contribution in [0.25, 0.3) is 10.1 Å². The second kappa shape index (κ2) is 4.29. The minimum Gasteiger partial charge on any atom is -0.466 e. The molecule has 2 aromatic heterocycles. The summed E-state index contributed by atoms with van der Waals surface area (Å²) in [6.45, 7) is 0. The second-order valence-corrected chi connectivity index (χ2v) is 5.46. The highest BCUT2D eigenvalue weighted by molar-refractivity contribution is 9.10. The zero-order valence-electron chi connectivity index (χ0n) is 8.76. The third-order valence-electron chi connectivity index (χ3n) is 2.69. The van der Waals surface area contributed by atoms with Crippen LogP contribution in [0.3, 0.4) is 0 Å². The van der Waals surface area contributed by atoms with E-state index >= 15 is 0 Å². The summed E-state index contributed by atoms with van der Waals surface area (Å²) in [5.74, 6) is 0.574. The molecule has 1 aromatic carbocycles. The highest BCUT2D eigenvalue weighted by Gasteiger charge is 2.18. The molecule has 0 saturated heterocycles. The Morgan fingerprint density at radius 2 is 2.12 bits per heavy atom. The van der Waals surface area contributed by atoms with E-state index in [-0.39, 0.29) is 0 Å². The molecule has 4 heteroatoms. The fraction of sp³-hybridized carbons (Fsp3) is 0.0769. The predicted octanol–water partition coefficient (Wildman–Crippen LogP) is 4.34. The summed E-state index contributed by atoms with van der Waals surface area (Å²) >= 11 is 5.13. The van der Waals surface area contributed by atoms with Gasteiger partial charge in [0.15, 0.2) is 0 Å². The van der Waals surface area contributed by atoms with Gasteiger partial charge >= 0.3 is 0 Å². The maximum absolute atomic E-state index is 10.3. The van der Waals surface area contributed by atoms with E-state index in [4.69, 9.17) is 4.42 Å². The van der Waals surface area contributed by atoms with Gasteiger partial charge in [0.25, 0.3) is 0 Å². The average molecular weight is 309 g/mol. The molecule has 0 saturated carbocycles. The van der Waals surface area contributed by atoms with Crippen LogP contribution in [0.1, 0.15) is 17.4 Å². The van der Waals surface area contributed by atoms with Crippen LogP contribution >= 0.6 is 27.3 Å². The molecule has 86 valence electrons. The van der Waals surface area contributed by atoms with Crippen molar-refractivity contribution >= 4 is 37.4 Å². The van der Waals surface area contributed by atoms with Crippen molar-refractivity contribution in [2.75, 3.05) is 0 Å². The molecule has 0 radical (unpaired) electrons. The number of hydrogen-bond donors (Lipinski definition) is 1. The number of aliphatic hydroxyl groups excluding tert-OH is 1. The topological polar surface area (TPSA) is 33.4 Å². The Kier molecular flexibility index (Phi) is 2.78. The molecule has 0 aliphatic rings. The maximum Gasteiger partial charge on any atom is 0.138 e. The minimum absolute atomic E-state index is 0.574. The van der Waals surface area contributed by atoms with Crippen molar-refractivity contribution in [1.29, 1.82) is 0 Å². The number of rotatable bonds is 2. The van der Waals surface area contributed by atoms with Crippen molar-refractivity contribution in [3.05, 3.63) is 57.8 Å². The molecule has 1 atom stereocenters. The highest BCUT2D eigenvalue weighted by atomic mass is 79.9. The van der Waals surface area contributed by atoms with Gasteiger partial charge in [-0.1, -0.05) is 12.1 Å². The number of furan rings is 1. The number of hydrogen-bond acceptors (Lipinski definition) is 3. The molecule has 17 heavy (non-hydrogen) atoms. The SMILES string of the molecule is OC(c1ccco1)c1csc2c(Br)cccc12. The monoisotopic (exact) mass is 308 g/mol. The lowest BCUT2D eigenvalue weighted by Gasteiger charge is -2.06. The molecule has 3 aromatic rings. The lowest BCUT2D eigenvalue weighted by atomic mass is 10.1. The van der Waals surface area contributed by atoms with Crippen LogP contribution in [-0.4, -0.2) is 5.11 Å². The van der Waals surface area contributed by atoms with Crippen LogP contribution in [0.5, 0.6) is 0 Å². The molecule has 1 N–H and O–H groups in total. The van der Waals surface area contributed by atoms with Crippen LogP contribution in [-0.2, 0) is 0 Å². The number of aliphatic hydroxyl groups is 1. The number of halogens is 1. The molecule has 3 rings (SSSR count). The zero-order valence-corrected chi connectivity index (χ0v) is 11.2. The van der Waals surface area contributed by atoms with Gasteiger partial charge in [0.1, 0.15) is 11.9 Å². The summed E-state index contributed by atoms with van der Waals surface area (Å²) in [5.41, 5.74) is 0.890. The summed E-state index contributed by atoms with van der Waals surface area (Å²) in [6, 6.07) is 9.55. The first-order valence-electron chi connectivity index (χ1n) is 5.14. The zero-order chi connectivity index (χ0) is 11.8. The number of fused-ring (bicyclic) bond motifs is 1. The molecule has 0 aliphatic heterocycles. The van der Waals surface area contributed by atoms with E-state index in [2.05, 4.69) is 15.9 Å². The van der Waals surface area contributed by atoms with E-state index in [1.807, 2.05) is 23.6 Å². The summed E-state index contributed by atoms with van der Waals surface area (Å²) in [5, 5.41) is 13.3. The standard InChI is InChI=1S/C13H9BrO2S/c14-10-4-1-3-8-9(7-17-13(8)10)12(15)11-5-2-6-16-11/h1-7,12,15H. The van der Waals surface area contributed by atoms with E-state index in [1.54, 1.807) is 29.7 Å². The van der Waals surface area contributed by atoms with Gasteiger partial charge in [-0.25, -0.2) is 0 Å². The summed E-state index contributed by atoms with van der Waals surface area (Å²) < 4.78 is 7.44. The average Bonchev–Trinajstić information content (AvgIpc) is 2.98. The fourth-order valence-electron chi connectivity index (χ4n) is 1.85. The van der Waals surface area contributed by atoms with Crippen molar-refractivity contribution in [2.24, 2.45) is 0 Å². The van der Waals surface area contributed by atoms with Crippen molar-refractivity contribution < 1.29 is 9.52 Å². The molecule has 0 bridgehead atoms. The van der Waals surface area contributed by atoms with Gasteiger partial charge in [0, 0.05) is 14.7 Å². The van der Waals surface area contributed by atoms with E-state index in [9.17, 15) is 5.11 Å². The normalized spacial score (nSPS) is 13.1. The molecular weight excluding hydrogens is 300 g/mol. The smallest absolute Gasteiger partial charge is 0.138 e. The molecule has 0 fully saturated rings. The van der Waals surface area contributed by atoms with Gasteiger partial charge in [0.2, 0.25) is 0 Å². The Morgan fingerprint density at radius 1 is 1.24 bits per heavy atom. The van der Waals surface area contributed by atoms with Crippen molar-refractivity contribution in [3.63, 3.8) is 0 Å². The Morgan fingerprint density at radius 3 is 2.88 bits per heavy atom. The van der Waals surface area contributed by atoms with Crippen LogP contribution < -0.4 is 0 Å². The van der Waals surface area contributed by atoms with Crippen molar-refractivity contribution in [2.45, 2.75) is 6.10 Å². The molecule has 2 nitrogen and oxygen atoms in total. The quantitative estimate of drug-likeness (QED) is 0.764. The summed E-state index contributed by atoms with van der Waals surface area (Å²) in [6.07, 6.45) is 0.872. The van der Waals surface area contributed by atoms with E-state index < -0.39 is 6.10 Å². The number of thiophene rings is 1. The molecule has 0 aliphatic carbocycles. The van der Waals surface area contributed by atoms with E-state index in [1.165, 1.54) is 0 Å². The van der Waals surface area contributed by atoms with Crippen LogP contribution in [0, 0.1) is 0 Å². The third-order valence-corrected chi connectivity index (χ3v) is 4.66. The summed E-state index contributed by atoms with van der Waals surface area (Å²) in [4.78, 5) is 0. The van der Waals surface area contributed by atoms with Gasteiger partial charge in [0.05, 0.1) is 6.26 Å². The van der Waals surface area contributed by atoms with Crippen LogP contribution in [0.2, 0.25) is 0 Å². The predicted molar refractivity (Wildman–Crippen MR) is 72.3 cm³/mol. The van der Waals surface area contributed by atoms with Crippen LogP contribution in [0.15, 0.2) is 50.9 Å². The first-order chi connectivity index (χ1) is 8.27.